The average Bonchev–Trinajstić information content (AvgIpc) is 2.53. The fourth-order valence-corrected chi connectivity index (χ4v) is 3.14. The maximum absolute atomic E-state index is 8.60. The summed E-state index contributed by atoms with van der Waals surface area (Å²) in [6, 6.07) is 11.2. The van der Waals surface area contributed by atoms with Crippen LogP contribution >= 0.6 is 0 Å². The van der Waals surface area contributed by atoms with Crippen LogP contribution in [0.15, 0.2) is 42.5 Å². The second kappa shape index (κ2) is 7.84. The second-order valence-electron chi connectivity index (χ2n) is 6.09. The van der Waals surface area contributed by atoms with Crippen LogP contribution < -0.4 is 0 Å². The Kier molecular flexibility index (Phi) is 5.81. The Labute approximate surface area is 129 Å². The molecule has 0 radical (unpaired) electrons. The molecule has 0 amide bonds. The van der Waals surface area contributed by atoms with Crippen molar-refractivity contribution < 1.29 is 0 Å². The minimum Gasteiger partial charge on any atom is -0.198 e. The summed E-state index contributed by atoms with van der Waals surface area (Å²) >= 11 is 0. The fourth-order valence-electron chi connectivity index (χ4n) is 3.14. The van der Waals surface area contributed by atoms with Gasteiger partial charge in [-0.05, 0) is 48.3 Å². The number of hydrogen-bond donors (Lipinski definition) is 0. The van der Waals surface area contributed by atoms with Gasteiger partial charge in [-0.3, -0.25) is 0 Å². The quantitative estimate of drug-likeness (QED) is 0.634. The van der Waals surface area contributed by atoms with E-state index in [-0.39, 0.29) is 0 Å². The molecule has 0 atom stereocenters. The lowest BCUT2D eigenvalue weighted by molar-refractivity contribution is 0.348. The molecule has 0 N–H and O–H groups in total. The van der Waals surface area contributed by atoms with Crippen molar-refractivity contribution in [2.24, 2.45) is 5.92 Å². The van der Waals surface area contributed by atoms with Gasteiger partial charge in [-0.2, -0.15) is 5.26 Å². The van der Waals surface area contributed by atoms with Crippen LogP contribution in [-0.4, -0.2) is 0 Å². The van der Waals surface area contributed by atoms with E-state index in [0.717, 1.165) is 11.8 Å². The van der Waals surface area contributed by atoms with E-state index >= 15 is 0 Å². The summed E-state index contributed by atoms with van der Waals surface area (Å²) in [5.74, 6) is 1.65. The number of rotatable bonds is 4. The second-order valence-corrected chi connectivity index (χ2v) is 6.09. The Bertz CT molecular complexity index is 534. The SMILES string of the molecule is C/C=C(\C=C/CC#N)c1ccc(C2CCC(C)CC2)cc1. The molecule has 1 aliphatic carbocycles. The molecule has 1 aliphatic rings. The van der Waals surface area contributed by atoms with Crippen molar-refractivity contribution >= 4 is 5.57 Å². The molecular formula is C20H25N. The van der Waals surface area contributed by atoms with E-state index in [2.05, 4.69) is 43.3 Å². The maximum Gasteiger partial charge on any atom is 0.0663 e. The largest absolute Gasteiger partial charge is 0.198 e. The van der Waals surface area contributed by atoms with Gasteiger partial charge < -0.3 is 0 Å². The molecule has 110 valence electrons. The zero-order valence-corrected chi connectivity index (χ0v) is 13.2. The van der Waals surface area contributed by atoms with Gasteiger partial charge in [0.1, 0.15) is 0 Å². The first-order valence-corrected chi connectivity index (χ1v) is 8.04. The van der Waals surface area contributed by atoms with Crippen LogP contribution in [0.5, 0.6) is 0 Å². The molecule has 0 spiro atoms. The van der Waals surface area contributed by atoms with Gasteiger partial charge in [0.15, 0.2) is 0 Å². The van der Waals surface area contributed by atoms with Crippen LogP contribution in [0.25, 0.3) is 5.57 Å². The summed E-state index contributed by atoms with van der Waals surface area (Å²) < 4.78 is 0. The molecule has 0 unspecified atom stereocenters. The Hall–Kier alpha value is -1.81. The number of benzene rings is 1. The molecule has 0 heterocycles. The predicted molar refractivity (Wildman–Crippen MR) is 89.8 cm³/mol. The van der Waals surface area contributed by atoms with E-state index < -0.39 is 0 Å². The molecule has 0 saturated heterocycles. The normalized spacial score (nSPS) is 23.2. The first-order chi connectivity index (χ1) is 10.2. The smallest absolute Gasteiger partial charge is 0.0663 e. The Morgan fingerprint density at radius 1 is 1.19 bits per heavy atom. The van der Waals surface area contributed by atoms with E-state index in [0.29, 0.717) is 6.42 Å². The van der Waals surface area contributed by atoms with Crippen LogP contribution in [0.3, 0.4) is 0 Å². The third-order valence-corrected chi connectivity index (χ3v) is 4.55. The highest BCUT2D eigenvalue weighted by Gasteiger charge is 2.19. The number of nitriles is 1. The third kappa shape index (κ3) is 4.33. The molecule has 1 aromatic carbocycles. The molecule has 1 nitrogen and oxygen atoms in total. The molecule has 2 rings (SSSR count). The van der Waals surface area contributed by atoms with Gasteiger partial charge in [-0.15, -0.1) is 0 Å². The Balaban J connectivity index is 2.06. The Morgan fingerprint density at radius 3 is 2.43 bits per heavy atom. The van der Waals surface area contributed by atoms with Gasteiger partial charge in [0, 0.05) is 0 Å². The van der Waals surface area contributed by atoms with Crippen molar-refractivity contribution in [1.82, 2.24) is 0 Å². The average molecular weight is 279 g/mol. The van der Waals surface area contributed by atoms with Crippen molar-refractivity contribution in [2.75, 3.05) is 0 Å². The van der Waals surface area contributed by atoms with Crippen LogP contribution in [0.2, 0.25) is 0 Å². The van der Waals surface area contributed by atoms with Gasteiger partial charge in [0.25, 0.3) is 0 Å². The van der Waals surface area contributed by atoms with Gasteiger partial charge in [-0.25, -0.2) is 0 Å². The van der Waals surface area contributed by atoms with E-state index in [1.54, 1.807) is 0 Å². The van der Waals surface area contributed by atoms with Crippen molar-refractivity contribution in [3.8, 4) is 6.07 Å². The van der Waals surface area contributed by atoms with E-state index in [4.69, 9.17) is 5.26 Å². The molecule has 21 heavy (non-hydrogen) atoms. The van der Waals surface area contributed by atoms with E-state index in [1.165, 1.54) is 42.4 Å². The first-order valence-electron chi connectivity index (χ1n) is 8.04. The monoisotopic (exact) mass is 279 g/mol. The van der Waals surface area contributed by atoms with Crippen molar-refractivity contribution in [3.05, 3.63) is 53.6 Å². The summed E-state index contributed by atoms with van der Waals surface area (Å²) in [7, 11) is 0. The lowest BCUT2D eigenvalue weighted by atomic mass is 9.79. The van der Waals surface area contributed by atoms with Crippen LogP contribution in [0.1, 0.15) is 63.0 Å². The highest BCUT2D eigenvalue weighted by Crippen LogP contribution is 2.35. The molecule has 1 aromatic rings. The molecule has 1 heteroatoms. The van der Waals surface area contributed by atoms with Gasteiger partial charge in [0.05, 0.1) is 12.5 Å². The number of hydrogen-bond acceptors (Lipinski definition) is 1. The Morgan fingerprint density at radius 2 is 1.86 bits per heavy atom. The topological polar surface area (TPSA) is 23.8 Å². The molecule has 0 aliphatic heterocycles. The van der Waals surface area contributed by atoms with Crippen LogP contribution in [-0.2, 0) is 0 Å². The number of nitrogens with zero attached hydrogens (tertiary/aromatic N) is 1. The first kappa shape index (κ1) is 15.6. The summed E-state index contributed by atoms with van der Waals surface area (Å²) in [6.07, 6.45) is 11.9. The maximum atomic E-state index is 8.60. The summed E-state index contributed by atoms with van der Waals surface area (Å²) in [5.41, 5.74) is 3.91. The zero-order valence-electron chi connectivity index (χ0n) is 13.2. The van der Waals surface area contributed by atoms with E-state index in [9.17, 15) is 0 Å². The standard InChI is InChI=1S/C20H25N/c1-3-17(6-4-5-15-21)18-11-13-20(14-12-18)19-9-7-16(2)8-10-19/h3-4,6,11-14,16,19H,5,7-10H2,1-2H3/b6-4-,17-3+. The van der Waals surface area contributed by atoms with Crippen LogP contribution in [0.4, 0.5) is 0 Å². The van der Waals surface area contributed by atoms with Gasteiger partial charge >= 0.3 is 0 Å². The fraction of sp³-hybridized carbons (Fsp3) is 0.450. The van der Waals surface area contributed by atoms with Crippen molar-refractivity contribution in [3.63, 3.8) is 0 Å². The third-order valence-electron chi connectivity index (χ3n) is 4.55. The summed E-state index contributed by atoms with van der Waals surface area (Å²) in [4.78, 5) is 0. The van der Waals surface area contributed by atoms with Gasteiger partial charge in [0.2, 0.25) is 0 Å². The van der Waals surface area contributed by atoms with Crippen molar-refractivity contribution in [1.29, 1.82) is 5.26 Å². The predicted octanol–water partition coefficient (Wildman–Crippen LogP) is 5.85. The molecule has 1 fully saturated rings. The van der Waals surface area contributed by atoms with Gasteiger partial charge in [-0.1, -0.05) is 62.3 Å². The summed E-state index contributed by atoms with van der Waals surface area (Å²) in [6.45, 7) is 4.41. The molecule has 1 saturated carbocycles. The minimum atomic E-state index is 0.468. The minimum absolute atomic E-state index is 0.468. The lowest BCUT2D eigenvalue weighted by Gasteiger charge is -2.26. The lowest BCUT2D eigenvalue weighted by Crippen LogP contribution is -2.10. The van der Waals surface area contributed by atoms with Crippen molar-refractivity contribution in [2.45, 2.75) is 51.9 Å². The van der Waals surface area contributed by atoms with E-state index in [1.807, 2.05) is 19.1 Å². The molecular weight excluding hydrogens is 254 g/mol. The zero-order chi connectivity index (χ0) is 15.1. The number of allylic oxidation sites excluding steroid dienone is 4. The molecule has 0 aromatic heterocycles. The summed E-state index contributed by atoms with van der Waals surface area (Å²) in [5, 5.41) is 8.60. The highest BCUT2D eigenvalue weighted by molar-refractivity contribution is 5.73. The van der Waals surface area contributed by atoms with Crippen LogP contribution in [0, 0.1) is 17.2 Å². The highest BCUT2D eigenvalue weighted by atomic mass is 14.2. The molecule has 0 bridgehead atoms.